The van der Waals surface area contributed by atoms with Gasteiger partial charge in [-0.2, -0.15) is 0 Å². The second kappa shape index (κ2) is 8.63. The molecule has 5 rings (SSSR count). The summed E-state index contributed by atoms with van der Waals surface area (Å²) in [5, 5.41) is 11.9. The summed E-state index contributed by atoms with van der Waals surface area (Å²) < 4.78 is 10.7. The van der Waals surface area contributed by atoms with Gasteiger partial charge in [0.2, 0.25) is 12.7 Å². The molecule has 31 heavy (non-hydrogen) atoms. The van der Waals surface area contributed by atoms with Crippen molar-refractivity contribution in [1.82, 2.24) is 15.5 Å². The van der Waals surface area contributed by atoms with Crippen molar-refractivity contribution in [2.45, 2.75) is 19.4 Å². The monoisotopic (exact) mass is 416 g/mol. The number of nitrogens with one attached hydrogen (secondary N) is 1. The molecule has 7 nitrogen and oxygen atoms in total. The quantitative estimate of drug-likeness (QED) is 0.687. The Morgan fingerprint density at radius 1 is 1.03 bits per heavy atom. The number of fused-ring (bicyclic) bond motifs is 1. The van der Waals surface area contributed by atoms with Gasteiger partial charge in [-0.15, -0.1) is 10.2 Å². The summed E-state index contributed by atoms with van der Waals surface area (Å²) in [6, 6.07) is 19.7. The van der Waals surface area contributed by atoms with E-state index in [0.717, 1.165) is 53.5 Å². The average Bonchev–Trinajstić information content (AvgIpc) is 3.31. The Labute approximate surface area is 181 Å². The average molecular weight is 416 g/mol. The molecule has 0 saturated carbocycles. The van der Waals surface area contributed by atoms with E-state index in [1.54, 1.807) is 0 Å². The predicted octanol–water partition coefficient (Wildman–Crippen LogP) is 3.41. The molecule has 2 aliphatic heterocycles. The minimum absolute atomic E-state index is 0.0660. The fourth-order valence-corrected chi connectivity index (χ4v) is 4.04. The van der Waals surface area contributed by atoms with Crippen LogP contribution >= 0.6 is 0 Å². The highest BCUT2D eigenvalue weighted by molar-refractivity contribution is 5.79. The van der Waals surface area contributed by atoms with Gasteiger partial charge in [0.1, 0.15) is 0 Å². The van der Waals surface area contributed by atoms with Crippen molar-refractivity contribution in [3.63, 3.8) is 0 Å². The lowest BCUT2D eigenvalue weighted by Crippen LogP contribution is -2.43. The molecule has 158 valence electrons. The van der Waals surface area contributed by atoms with Gasteiger partial charge in [0.25, 0.3) is 0 Å². The minimum atomic E-state index is -0.0710. The van der Waals surface area contributed by atoms with E-state index >= 15 is 0 Å². The molecule has 2 aliphatic rings. The first-order valence-electron chi connectivity index (χ1n) is 10.6. The van der Waals surface area contributed by atoms with E-state index in [-0.39, 0.29) is 18.6 Å². The Kier molecular flexibility index (Phi) is 5.39. The molecule has 7 heteroatoms. The smallest absolute Gasteiger partial charge is 0.231 e. The van der Waals surface area contributed by atoms with Crippen LogP contribution in [0.15, 0.2) is 60.7 Å². The zero-order valence-corrected chi connectivity index (χ0v) is 17.2. The number of rotatable bonds is 5. The molecular weight excluding hydrogens is 392 g/mol. The molecule has 1 amide bonds. The van der Waals surface area contributed by atoms with E-state index in [1.807, 2.05) is 60.7 Å². The summed E-state index contributed by atoms with van der Waals surface area (Å²) in [7, 11) is 0. The zero-order chi connectivity index (χ0) is 21.0. The summed E-state index contributed by atoms with van der Waals surface area (Å²) in [4.78, 5) is 14.9. The van der Waals surface area contributed by atoms with Crippen LogP contribution in [0.4, 0.5) is 5.82 Å². The molecule has 0 radical (unpaired) electrons. The molecule has 0 aliphatic carbocycles. The van der Waals surface area contributed by atoms with Crippen LogP contribution in [0.2, 0.25) is 0 Å². The van der Waals surface area contributed by atoms with Crippen LogP contribution in [0.3, 0.4) is 0 Å². The van der Waals surface area contributed by atoms with Crippen LogP contribution in [0, 0.1) is 5.92 Å². The first-order valence-corrected chi connectivity index (χ1v) is 10.6. The van der Waals surface area contributed by atoms with Gasteiger partial charge in [-0.3, -0.25) is 4.79 Å². The third kappa shape index (κ3) is 4.30. The van der Waals surface area contributed by atoms with Crippen molar-refractivity contribution in [3.05, 3.63) is 66.2 Å². The van der Waals surface area contributed by atoms with Crippen LogP contribution in [0.5, 0.6) is 11.5 Å². The largest absolute Gasteiger partial charge is 0.454 e. The molecule has 3 heterocycles. The number of benzene rings is 2. The molecular formula is C24H24N4O3. The fraction of sp³-hybridized carbons (Fsp3) is 0.292. The Morgan fingerprint density at radius 2 is 1.90 bits per heavy atom. The number of carbonyl (C=O) groups excluding carboxylic acids is 1. The maximum Gasteiger partial charge on any atom is 0.231 e. The lowest BCUT2D eigenvalue weighted by Gasteiger charge is -2.32. The summed E-state index contributed by atoms with van der Waals surface area (Å²) in [6.45, 7) is 2.24. The van der Waals surface area contributed by atoms with Crippen LogP contribution in [-0.2, 0) is 11.3 Å². The van der Waals surface area contributed by atoms with Gasteiger partial charge in [0.05, 0.1) is 11.6 Å². The molecule has 3 aromatic rings. The normalized spacial score (nSPS) is 17.4. The number of hydrogen-bond donors (Lipinski definition) is 1. The molecule has 0 spiro atoms. The SMILES string of the molecule is O=C(NCc1ccc2c(c1)OCO2)[C@H]1CCCN(c2ccc(-c3ccccc3)nn2)C1. The van der Waals surface area contributed by atoms with Gasteiger partial charge in [0.15, 0.2) is 17.3 Å². The minimum Gasteiger partial charge on any atom is -0.454 e. The number of carbonyl (C=O) groups is 1. The number of aromatic nitrogens is 2. The van der Waals surface area contributed by atoms with E-state index in [4.69, 9.17) is 9.47 Å². The predicted molar refractivity (Wildman–Crippen MR) is 117 cm³/mol. The van der Waals surface area contributed by atoms with E-state index < -0.39 is 0 Å². The maximum atomic E-state index is 12.8. The van der Waals surface area contributed by atoms with Crippen LogP contribution in [-0.4, -0.2) is 36.0 Å². The topological polar surface area (TPSA) is 76.6 Å². The summed E-state index contributed by atoms with van der Waals surface area (Å²) in [5.41, 5.74) is 2.88. The van der Waals surface area contributed by atoms with Gasteiger partial charge >= 0.3 is 0 Å². The van der Waals surface area contributed by atoms with Crippen molar-refractivity contribution >= 4 is 11.7 Å². The van der Waals surface area contributed by atoms with Crippen molar-refractivity contribution in [1.29, 1.82) is 0 Å². The van der Waals surface area contributed by atoms with E-state index in [0.29, 0.717) is 13.1 Å². The molecule has 1 atom stereocenters. The van der Waals surface area contributed by atoms with Gasteiger partial charge in [-0.05, 0) is 42.7 Å². The molecule has 0 bridgehead atoms. The highest BCUT2D eigenvalue weighted by Gasteiger charge is 2.26. The first-order chi connectivity index (χ1) is 15.3. The van der Waals surface area contributed by atoms with Gasteiger partial charge in [0, 0.05) is 25.2 Å². The third-order valence-corrected chi connectivity index (χ3v) is 5.74. The maximum absolute atomic E-state index is 12.8. The number of anilines is 1. The number of nitrogens with zero attached hydrogens (tertiary/aromatic N) is 3. The van der Waals surface area contributed by atoms with Crippen LogP contribution < -0.4 is 19.7 Å². The molecule has 1 saturated heterocycles. The fourth-order valence-electron chi connectivity index (χ4n) is 4.04. The van der Waals surface area contributed by atoms with Gasteiger partial charge < -0.3 is 19.7 Å². The molecule has 1 N–H and O–H groups in total. The van der Waals surface area contributed by atoms with Gasteiger partial charge in [-0.25, -0.2) is 0 Å². The van der Waals surface area contributed by atoms with E-state index in [2.05, 4.69) is 20.4 Å². The first kappa shape index (κ1) is 19.4. The lowest BCUT2D eigenvalue weighted by molar-refractivity contribution is -0.125. The Morgan fingerprint density at radius 3 is 2.74 bits per heavy atom. The standard InChI is InChI=1S/C24H24N4O3/c29-24(25-14-17-8-10-21-22(13-17)31-16-30-21)19-7-4-12-28(15-19)23-11-9-20(26-27-23)18-5-2-1-3-6-18/h1-3,5-6,8-11,13,19H,4,7,12,14-16H2,(H,25,29)/t19-/m0/s1. The summed E-state index contributed by atoms with van der Waals surface area (Å²) in [6.07, 6.45) is 1.82. The van der Waals surface area contributed by atoms with Crippen molar-refractivity contribution in [2.24, 2.45) is 5.92 Å². The number of ether oxygens (including phenoxy) is 2. The molecule has 1 fully saturated rings. The summed E-state index contributed by atoms with van der Waals surface area (Å²) in [5.74, 6) is 2.29. The lowest BCUT2D eigenvalue weighted by atomic mass is 9.97. The second-order valence-electron chi connectivity index (χ2n) is 7.83. The molecule has 0 unspecified atom stereocenters. The van der Waals surface area contributed by atoms with E-state index in [9.17, 15) is 4.79 Å². The van der Waals surface area contributed by atoms with Gasteiger partial charge in [-0.1, -0.05) is 36.4 Å². The second-order valence-corrected chi connectivity index (χ2v) is 7.83. The zero-order valence-electron chi connectivity index (χ0n) is 17.2. The molecule has 1 aromatic heterocycles. The highest BCUT2D eigenvalue weighted by Crippen LogP contribution is 2.32. The highest BCUT2D eigenvalue weighted by atomic mass is 16.7. The third-order valence-electron chi connectivity index (χ3n) is 5.74. The van der Waals surface area contributed by atoms with Crippen molar-refractivity contribution in [2.75, 3.05) is 24.8 Å². The number of amides is 1. The van der Waals surface area contributed by atoms with E-state index in [1.165, 1.54) is 0 Å². The number of hydrogen-bond acceptors (Lipinski definition) is 6. The molecule has 2 aromatic carbocycles. The van der Waals surface area contributed by atoms with Crippen molar-refractivity contribution in [3.8, 4) is 22.8 Å². The summed E-state index contributed by atoms with van der Waals surface area (Å²) >= 11 is 0. The Hall–Kier alpha value is -3.61. The Bertz CT molecular complexity index is 1060. The van der Waals surface area contributed by atoms with Crippen LogP contribution in [0.1, 0.15) is 18.4 Å². The Balaban J connectivity index is 1.19. The number of piperidine rings is 1. The van der Waals surface area contributed by atoms with Crippen LogP contribution in [0.25, 0.3) is 11.3 Å². The van der Waals surface area contributed by atoms with Crippen molar-refractivity contribution < 1.29 is 14.3 Å².